The molecule has 2 nitrogen and oxygen atoms in total. The summed E-state index contributed by atoms with van der Waals surface area (Å²) < 4.78 is 0. The Balaban J connectivity index is 0.000000254. The van der Waals surface area contributed by atoms with Gasteiger partial charge < -0.3 is 11.0 Å². The molecule has 2 aliphatic carbocycles. The van der Waals surface area contributed by atoms with Crippen molar-refractivity contribution in [2.45, 2.75) is 12.8 Å². The standard InChI is InChI=1S/2C17H15P.2H2O.Pt/c2*1-3-9-15(10-4-1)18(17-13-7-8-14-17)16-11-5-2-6-12-16;;;/h2*1-13H,14H2;2*1H2;/p+2. The minimum atomic E-state index is -0.779. The van der Waals surface area contributed by atoms with Crippen LogP contribution in [0.4, 0.5) is 0 Å². The van der Waals surface area contributed by atoms with Gasteiger partial charge in [0.1, 0.15) is 21.2 Å². The second kappa shape index (κ2) is 17.1. The van der Waals surface area contributed by atoms with Crippen LogP contribution in [0.25, 0.3) is 0 Å². The quantitative estimate of drug-likeness (QED) is 0.227. The number of hydrogen-bond acceptors (Lipinski definition) is 0. The molecule has 4 aromatic rings. The molecule has 0 heterocycles. The summed E-state index contributed by atoms with van der Waals surface area (Å²) in [5.74, 6) is 0. The first-order chi connectivity index (χ1) is 17.9. The van der Waals surface area contributed by atoms with Crippen LogP contribution >= 0.6 is 15.8 Å². The van der Waals surface area contributed by atoms with Crippen molar-refractivity contribution < 1.29 is 32.0 Å². The molecule has 0 spiro atoms. The van der Waals surface area contributed by atoms with Crippen molar-refractivity contribution in [3.63, 3.8) is 0 Å². The molecule has 5 heteroatoms. The molecule has 4 N–H and O–H groups in total. The zero-order chi connectivity index (χ0) is 24.4. The van der Waals surface area contributed by atoms with Gasteiger partial charge in [0.15, 0.2) is 0 Å². The van der Waals surface area contributed by atoms with Gasteiger partial charge in [-0.3, -0.25) is 0 Å². The fourth-order valence-corrected chi connectivity index (χ4v) is 10.2. The summed E-state index contributed by atoms with van der Waals surface area (Å²) in [5.41, 5.74) is 0. The van der Waals surface area contributed by atoms with Gasteiger partial charge in [-0.25, -0.2) is 0 Å². The van der Waals surface area contributed by atoms with E-state index in [1.165, 1.54) is 21.2 Å². The van der Waals surface area contributed by atoms with Gasteiger partial charge in [0.05, 0.1) is 26.5 Å². The second-order valence-corrected chi connectivity index (χ2v) is 14.0. The van der Waals surface area contributed by atoms with E-state index in [4.69, 9.17) is 0 Å². The fraction of sp³-hybridized carbons (Fsp3) is 0.0588. The maximum Gasteiger partial charge on any atom is 0.102 e. The predicted octanol–water partition coefficient (Wildman–Crippen LogP) is 5.74. The molecule has 202 valence electrons. The maximum atomic E-state index is 2.30. The minimum Gasteiger partial charge on any atom is -0.412 e. The van der Waals surface area contributed by atoms with Crippen molar-refractivity contribution >= 4 is 37.1 Å². The van der Waals surface area contributed by atoms with Crippen LogP contribution in [-0.4, -0.2) is 11.0 Å². The average molecular weight is 734 g/mol. The molecule has 4 aromatic carbocycles. The van der Waals surface area contributed by atoms with E-state index in [1.807, 2.05) is 0 Å². The first-order valence-electron chi connectivity index (χ1n) is 12.6. The first-order valence-corrected chi connectivity index (χ1v) is 15.6. The Bertz CT molecular complexity index is 1180. The van der Waals surface area contributed by atoms with Gasteiger partial charge in [0.25, 0.3) is 0 Å². The van der Waals surface area contributed by atoms with Crippen LogP contribution in [0, 0.1) is 0 Å². The molecule has 6 rings (SSSR count). The monoisotopic (exact) mass is 733 g/mol. The van der Waals surface area contributed by atoms with Crippen molar-refractivity contribution in [2.24, 2.45) is 0 Å². The molecule has 2 aliphatic rings. The maximum absolute atomic E-state index is 2.30. The third-order valence-electron chi connectivity index (χ3n) is 6.43. The Hall–Kier alpha value is -2.69. The molecule has 0 saturated carbocycles. The zero-order valence-electron chi connectivity index (χ0n) is 21.7. The largest absolute Gasteiger partial charge is 0.412 e. The van der Waals surface area contributed by atoms with Crippen LogP contribution in [0.5, 0.6) is 0 Å². The van der Waals surface area contributed by atoms with Crippen LogP contribution in [0.15, 0.2) is 168 Å². The third kappa shape index (κ3) is 8.65. The summed E-state index contributed by atoms with van der Waals surface area (Å²) in [4.78, 5) is 0. The van der Waals surface area contributed by atoms with E-state index in [2.05, 4.69) is 158 Å². The number of benzene rings is 4. The third-order valence-corrected chi connectivity index (χ3v) is 12.1. The molecule has 0 bridgehead atoms. The van der Waals surface area contributed by atoms with Gasteiger partial charge in [-0.15, -0.1) is 0 Å². The number of hydrogen-bond donors (Lipinski definition) is 0. The summed E-state index contributed by atoms with van der Waals surface area (Å²) >= 11 is 0. The summed E-state index contributed by atoms with van der Waals surface area (Å²) in [5, 5.41) is 9.06. The van der Waals surface area contributed by atoms with E-state index in [9.17, 15) is 0 Å². The normalized spacial score (nSPS) is 12.9. The Morgan fingerprint density at radius 2 is 0.641 bits per heavy atom. The molecular weight excluding hydrogens is 697 g/mol. The average Bonchev–Trinajstić information content (AvgIpc) is 3.68. The SMILES string of the molecule is C1=CCC([PH+](c2ccccc2)c2ccccc2)=C1.C1=CCC([PH+](c2ccccc2)c2ccccc2)=C1.O.O.[Pt]. The van der Waals surface area contributed by atoms with E-state index in [0.29, 0.717) is 0 Å². The van der Waals surface area contributed by atoms with E-state index >= 15 is 0 Å². The van der Waals surface area contributed by atoms with E-state index in [0.717, 1.165) is 12.8 Å². The molecule has 0 radical (unpaired) electrons. The van der Waals surface area contributed by atoms with Crippen molar-refractivity contribution in [3.05, 3.63) is 168 Å². The molecule has 0 atom stereocenters. The van der Waals surface area contributed by atoms with Gasteiger partial charge in [-0.05, 0) is 60.7 Å². The second-order valence-electron chi connectivity index (χ2n) is 8.86. The van der Waals surface area contributed by atoms with Crippen molar-refractivity contribution in [3.8, 4) is 0 Å². The van der Waals surface area contributed by atoms with Gasteiger partial charge in [-0.1, -0.05) is 97.1 Å². The van der Waals surface area contributed by atoms with Crippen molar-refractivity contribution in [2.75, 3.05) is 0 Å². The summed E-state index contributed by atoms with van der Waals surface area (Å²) in [6, 6.07) is 43.6. The van der Waals surface area contributed by atoms with E-state index in [-0.39, 0.29) is 32.0 Å². The van der Waals surface area contributed by atoms with Crippen LogP contribution in [-0.2, 0) is 21.1 Å². The molecule has 0 aromatic heterocycles. The van der Waals surface area contributed by atoms with Crippen LogP contribution in [0.2, 0.25) is 0 Å². The Kier molecular flexibility index (Phi) is 14.3. The van der Waals surface area contributed by atoms with E-state index < -0.39 is 15.8 Å². The van der Waals surface area contributed by atoms with Gasteiger partial charge in [0.2, 0.25) is 0 Å². The summed E-state index contributed by atoms with van der Waals surface area (Å²) in [6.07, 6.45) is 15.7. The van der Waals surface area contributed by atoms with Crippen molar-refractivity contribution in [1.29, 1.82) is 0 Å². The molecule has 0 unspecified atom stereocenters. The molecule has 0 aliphatic heterocycles. The Labute approximate surface area is 249 Å². The number of allylic oxidation sites excluding steroid dienone is 8. The van der Waals surface area contributed by atoms with Gasteiger partial charge in [0, 0.05) is 33.9 Å². The van der Waals surface area contributed by atoms with E-state index in [1.54, 1.807) is 10.6 Å². The van der Waals surface area contributed by atoms with Gasteiger partial charge in [-0.2, -0.15) is 0 Å². The minimum absolute atomic E-state index is 0. The molecular formula is C34H36O2P2Pt+2. The summed E-state index contributed by atoms with van der Waals surface area (Å²) in [6.45, 7) is 0. The van der Waals surface area contributed by atoms with Crippen LogP contribution < -0.4 is 21.2 Å². The van der Waals surface area contributed by atoms with Crippen LogP contribution in [0.1, 0.15) is 12.8 Å². The molecule has 0 fully saturated rings. The predicted molar refractivity (Wildman–Crippen MR) is 172 cm³/mol. The Morgan fingerprint density at radius 1 is 0.385 bits per heavy atom. The smallest absolute Gasteiger partial charge is 0.102 e. The molecule has 0 saturated heterocycles. The zero-order valence-corrected chi connectivity index (χ0v) is 26.0. The topological polar surface area (TPSA) is 63.0 Å². The molecule has 39 heavy (non-hydrogen) atoms. The Morgan fingerprint density at radius 3 is 0.846 bits per heavy atom. The number of rotatable bonds is 6. The molecule has 0 amide bonds. The first kappa shape index (κ1) is 32.5. The van der Waals surface area contributed by atoms with Crippen molar-refractivity contribution in [1.82, 2.24) is 0 Å². The van der Waals surface area contributed by atoms with Gasteiger partial charge >= 0.3 is 0 Å². The van der Waals surface area contributed by atoms with Crippen LogP contribution in [0.3, 0.4) is 0 Å². The fourth-order valence-electron chi connectivity index (χ4n) is 4.76. The summed E-state index contributed by atoms with van der Waals surface area (Å²) in [7, 11) is -1.56.